The zero-order valence-corrected chi connectivity index (χ0v) is 18.5. The summed E-state index contributed by atoms with van der Waals surface area (Å²) in [5.74, 6) is 0.643. The van der Waals surface area contributed by atoms with Crippen molar-refractivity contribution >= 4 is 29.3 Å². The number of hydrogen-bond donors (Lipinski definition) is 2. The molecule has 7 nitrogen and oxygen atoms in total. The first-order chi connectivity index (χ1) is 14.5. The van der Waals surface area contributed by atoms with E-state index < -0.39 is 0 Å². The van der Waals surface area contributed by atoms with E-state index in [2.05, 4.69) is 30.2 Å². The average Bonchev–Trinajstić information content (AvgIpc) is 3.12. The molecule has 1 aliphatic heterocycles. The van der Waals surface area contributed by atoms with Gasteiger partial charge < -0.3 is 19.9 Å². The summed E-state index contributed by atoms with van der Waals surface area (Å²) in [6, 6.07) is 8.01. The Bertz CT molecular complexity index is 881. The number of carbonyl (C=O) groups is 2. The lowest BCUT2D eigenvalue weighted by molar-refractivity contribution is -0.121. The minimum Gasteiger partial charge on any atom is -0.390 e. The van der Waals surface area contributed by atoms with Crippen molar-refractivity contribution in [3.63, 3.8) is 0 Å². The number of anilines is 1. The van der Waals surface area contributed by atoms with Gasteiger partial charge in [-0.05, 0) is 36.8 Å². The molecular weight excluding hydrogens is 400 g/mol. The number of amides is 2. The van der Waals surface area contributed by atoms with Gasteiger partial charge in [-0.15, -0.1) is 0 Å². The third-order valence-electron chi connectivity index (χ3n) is 5.15. The average molecular weight is 431 g/mol. The summed E-state index contributed by atoms with van der Waals surface area (Å²) in [6.07, 6.45) is 4.41. The van der Waals surface area contributed by atoms with Crippen LogP contribution < -0.4 is 10.2 Å². The molecule has 2 aromatic rings. The number of thioether (sulfide) groups is 1. The molecule has 0 aliphatic carbocycles. The minimum atomic E-state index is -0.208. The lowest BCUT2D eigenvalue weighted by atomic mass is 10.0. The second-order valence-corrected chi connectivity index (χ2v) is 8.82. The van der Waals surface area contributed by atoms with Crippen LogP contribution in [0.3, 0.4) is 0 Å². The van der Waals surface area contributed by atoms with Crippen LogP contribution in [0, 0.1) is 5.92 Å². The number of carbonyl (C=O) groups excluding carboxylic acids is 2. The van der Waals surface area contributed by atoms with E-state index in [1.165, 1.54) is 17.3 Å². The Morgan fingerprint density at radius 3 is 2.87 bits per heavy atom. The molecule has 0 radical (unpaired) electrons. The van der Waals surface area contributed by atoms with Crippen molar-refractivity contribution in [2.24, 2.45) is 5.92 Å². The summed E-state index contributed by atoms with van der Waals surface area (Å²) < 4.78 is 1.69. The van der Waals surface area contributed by atoms with Gasteiger partial charge in [0.15, 0.2) is 5.16 Å². The van der Waals surface area contributed by atoms with E-state index >= 15 is 0 Å². The van der Waals surface area contributed by atoms with Crippen molar-refractivity contribution < 1.29 is 14.7 Å². The van der Waals surface area contributed by atoms with Gasteiger partial charge in [0, 0.05) is 18.8 Å². The first-order valence-electron chi connectivity index (χ1n) is 10.4. The van der Waals surface area contributed by atoms with Gasteiger partial charge in [-0.25, -0.2) is 4.98 Å². The van der Waals surface area contributed by atoms with Crippen molar-refractivity contribution in [1.29, 1.82) is 0 Å². The maximum Gasteiger partial charge on any atom is 0.240 e. The largest absolute Gasteiger partial charge is 0.390 e. The molecule has 0 unspecified atom stereocenters. The Balaban J connectivity index is 1.62. The standard InChI is InChI=1S/C22H30N4O3S/c1-16(2)9-10-23-20(28)13-26-18(14-27)12-24-22(26)30-15-21(29)25-11-5-7-17-6-3-4-8-19(17)25/h3-4,6,8,12,16,27H,5,7,9-11,13-15H2,1-2H3,(H,23,28). The molecule has 0 spiro atoms. The fourth-order valence-corrected chi connectivity index (χ4v) is 4.37. The van der Waals surface area contributed by atoms with E-state index in [-0.39, 0.29) is 30.7 Å². The van der Waals surface area contributed by atoms with E-state index in [0.29, 0.717) is 29.9 Å². The van der Waals surface area contributed by atoms with Crippen LogP contribution in [0.4, 0.5) is 5.69 Å². The van der Waals surface area contributed by atoms with Crippen molar-refractivity contribution in [2.45, 2.75) is 51.4 Å². The van der Waals surface area contributed by atoms with E-state index in [1.807, 2.05) is 23.1 Å². The number of fused-ring (bicyclic) bond motifs is 1. The van der Waals surface area contributed by atoms with Gasteiger partial charge in [-0.3, -0.25) is 9.59 Å². The Morgan fingerprint density at radius 2 is 2.10 bits per heavy atom. The fraction of sp³-hybridized carbons (Fsp3) is 0.500. The van der Waals surface area contributed by atoms with E-state index in [9.17, 15) is 14.7 Å². The SMILES string of the molecule is CC(C)CCNC(=O)Cn1c(CO)cnc1SCC(=O)N1CCCc2ccccc21. The van der Waals surface area contributed by atoms with Gasteiger partial charge in [0.2, 0.25) is 11.8 Å². The number of hydrogen-bond acceptors (Lipinski definition) is 5. The normalized spacial score (nSPS) is 13.4. The molecular formula is C22H30N4O3S. The number of aryl methyl sites for hydroxylation is 1. The molecule has 1 aromatic heterocycles. The second-order valence-electron chi connectivity index (χ2n) is 7.88. The first-order valence-corrected chi connectivity index (χ1v) is 11.4. The maximum atomic E-state index is 12.9. The molecule has 8 heteroatoms. The molecule has 1 aliphatic rings. The van der Waals surface area contributed by atoms with Crippen LogP contribution in [0.25, 0.3) is 0 Å². The maximum absolute atomic E-state index is 12.9. The van der Waals surface area contributed by atoms with Crippen LogP contribution in [-0.4, -0.2) is 45.3 Å². The molecule has 3 rings (SSSR count). The Hall–Kier alpha value is -2.32. The van der Waals surface area contributed by atoms with Gasteiger partial charge in [0.1, 0.15) is 6.54 Å². The van der Waals surface area contributed by atoms with Crippen LogP contribution in [0.15, 0.2) is 35.6 Å². The number of para-hydroxylation sites is 1. The predicted octanol–water partition coefficient (Wildman–Crippen LogP) is 2.61. The van der Waals surface area contributed by atoms with Crippen LogP contribution in [-0.2, 0) is 29.2 Å². The Labute approximate surface area is 181 Å². The molecule has 0 atom stereocenters. The number of nitrogens with zero attached hydrogens (tertiary/aromatic N) is 3. The molecule has 162 valence electrons. The highest BCUT2D eigenvalue weighted by atomic mass is 32.2. The van der Waals surface area contributed by atoms with Crippen LogP contribution >= 0.6 is 11.8 Å². The summed E-state index contributed by atoms with van der Waals surface area (Å²) in [6.45, 7) is 5.42. The molecule has 30 heavy (non-hydrogen) atoms. The monoisotopic (exact) mass is 430 g/mol. The van der Waals surface area contributed by atoms with Crippen molar-refractivity contribution in [2.75, 3.05) is 23.7 Å². The molecule has 2 heterocycles. The quantitative estimate of drug-likeness (QED) is 0.597. The molecule has 0 saturated heterocycles. The molecule has 0 bridgehead atoms. The highest BCUT2D eigenvalue weighted by molar-refractivity contribution is 7.99. The van der Waals surface area contributed by atoms with Crippen LogP contribution in [0.2, 0.25) is 0 Å². The van der Waals surface area contributed by atoms with Gasteiger partial charge in [0.05, 0.1) is 24.3 Å². The Kier molecular flexibility index (Phi) is 7.93. The first kappa shape index (κ1) is 22.4. The molecule has 1 aromatic carbocycles. The van der Waals surface area contributed by atoms with Crippen molar-refractivity contribution in [3.05, 3.63) is 41.7 Å². The molecule has 2 N–H and O–H groups in total. The number of nitrogens with one attached hydrogen (secondary N) is 1. The fourth-order valence-electron chi connectivity index (χ4n) is 3.50. The number of aliphatic hydroxyl groups excluding tert-OH is 1. The summed E-state index contributed by atoms with van der Waals surface area (Å²) in [7, 11) is 0. The highest BCUT2D eigenvalue weighted by Gasteiger charge is 2.23. The molecule has 2 amide bonds. The number of aromatic nitrogens is 2. The topological polar surface area (TPSA) is 87.5 Å². The predicted molar refractivity (Wildman–Crippen MR) is 118 cm³/mol. The number of rotatable bonds is 9. The highest BCUT2D eigenvalue weighted by Crippen LogP contribution is 2.28. The van der Waals surface area contributed by atoms with Crippen LogP contribution in [0.1, 0.15) is 37.9 Å². The summed E-state index contributed by atoms with van der Waals surface area (Å²) in [5.41, 5.74) is 2.75. The summed E-state index contributed by atoms with van der Waals surface area (Å²) in [4.78, 5) is 31.4. The number of benzene rings is 1. The van der Waals surface area contributed by atoms with Gasteiger partial charge in [-0.2, -0.15) is 0 Å². The van der Waals surface area contributed by atoms with Crippen molar-refractivity contribution in [1.82, 2.24) is 14.9 Å². The van der Waals surface area contributed by atoms with Gasteiger partial charge >= 0.3 is 0 Å². The molecule has 0 saturated carbocycles. The Morgan fingerprint density at radius 1 is 1.30 bits per heavy atom. The van der Waals surface area contributed by atoms with Gasteiger partial charge in [0.25, 0.3) is 0 Å². The zero-order valence-electron chi connectivity index (χ0n) is 17.6. The second kappa shape index (κ2) is 10.6. The number of imidazole rings is 1. The van der Waals surface area contributed by atoms with E-state index in [0.717, 1.165) is 24.9 Å². The number of aliphatic hydroxyl groups is 1. The van der Waals surface area contributed by atoms with Crippen molar-refractivity contribution in [3.8, 4) is 0 Å². The lowest BCUT2D eigenvalue weighted by Gasteiger charge is -2.29. The minimum absolute atomic E-state index is 0.0219. The summed E-state index contributed by atoms with van der Waals surface area (Å²) in [5, 5.41) is 13.1. The third kappa shape index (κ3) is 5.64. The van der Waals surface area contributed by atoms with E-state index in [1.54, 1.807) is 10.8 Å². The smallest absolute Gasteiger partial charge is 0.240 e. The molecule has 0 fully saturated rings. The lowest BCUT2D eigenvalue weighted by Crippen LogP contribution is -2.36. The van der Waals surface area contributed by atoms with Gasteiger partial charge in [-0.1, -0.05) is 43.8 Å². The third-order valence-corrected chi connectivity index (χ3v) is 6.12. The van der Waals surface area contributed by atoms with Crippen LogP contribution in [0.5, 0.6) is 0 Å². The zero-order chi connectivity index (χ0) is 21.5. The summed E-state index contributed by atoms with van der Waals surface area (Å²) >= 11 is 1.30. The van der Waals surface area contributed by atoms with E-state index in [4.69, 9.17) is 0 Å².